The number of benzene rings is 1. The van der Waals surface area contributed by atoms with E-state index in [2.05, 4.69) is 5.32 Å². The summed E-state index contributed by atoms with van der Waals surface area (Å²) < 4.78 is 4.95. The van der Waals surface area contributed by atoms with Crippen molar-refractivity contribution in [2.75, 3.05) is 19.0 Å². The first kappa shape index (κ1) is 11.7. The van der Waals surface area contributed by atoms with Crippen LogP contribution in [0.2, 0.25) is 0 Å². The molecule has 1 aliphatic carbocycles. The van der Waals surface area contributed by atoms with E-state index >= 15 is 0 Å². The summed E-state index contributed by atoms with van der Waals surface area (Å²) in [4.78, 5) is 10.5. The topological polar surface area (TPSA) is 84.6 Å². The molecule has 1 fully saturated rings. The van der Waals surface area contributed by atoms with Crippen LogP contribution in [-0.4, -0.2) is 29.3 Å². The molecular formula is C11H14N2O4. The van der Waals surface area contributed by atoms with Crippen LogP contribution in [0.25, 0.3) is 0 Å². The molecule has 0 aromatic heterocycles. The number of aliphatic hydroxyl groups is 1. The molecule has 1 aromatic rings. The number of methoxy groups -OCH3 is 1. The van der Waals surface area contributed by atoms with Crippen LogP contribution in [0.4, 0.5) is 11.4 Å². The van der Waals surface area contributed by atoms with Gasteiger partial charge < -0.3 is 15.2 Å². The molecule has 92 valence electrons. The quantitative estimate of drug-likeness (QED) is 0.600. The van der Waals surface area contributed by atoms with Gasteiger partial charge in [-0.25, -0.2) is 0 Å². The van der Waals surface area contributed by atoms with Crippen LogP contribution in [0.1, 0.15) is 12.8 Å². The van der Waals surface area contributed by atoms with Gasteiger partial charge in [-0.2, -0.15) is 0 Å². The first-order chi connectivity index (χ1) is 8.10. The molecule has 0 heterocycles. The predicted molar refractivity (Wildman–Crippen MR) is 62.3 cm³/mol. The first-order valence-electron chi connectivity index (χ1n) is 5.32. The Bertz CT molecular complexity index is 443. The van der Waals surface area contributed by atoms with Crippen molar-refractivity contribution in [3.05, 3.63) is 28.3 Å². The zero-order chi connectivity index (χ0) is 12.5. The molecule has 0 radical (unpaired) electrons. The van der Waals surface area contributed by atoms with Crippen molar-refractivity contribution < 1.29 is 14.8 Å². The molecule has 6 heteroatoms. The number of nitrogens with one attached hydrogen (secondary N) is 1. The molecule has 17 heavy (non-hydrogen) atoms. The number of aliphatic hydroxyl groups excluding tert-OH is 1. The molecular weight excluding hydrogens is 224 g/mol. The van der Waals surface area contributed by atoms with E-state index in [0.29, 0.717) is 11.4 Å². The molecule has 0 unspecified atom stereocenters. The number of hydrogen-bond donors (Lipinski definition) is 2. The van der Waals surface area contributed by atoms with Crippen LogP contribution < -0.4 is 10.1 Å². The third kappa shape index (κ3) is 2.31. The van der Waals surface area contributed by atoms with Crippen LogP contribution >= 0.6 is 0 Å². The summed E-state index contributed by atoms with van der Waals surface area (Å²) in [5.74, 6) is 0.441. The number of nitro benzene ring substituents is 1. The highest BCUT2D eigenvalue weighted by Gasteiger charge is 2.43. The van der Waals surface area contributed by atoms with Crippen molar-refractivity contribution in [3.8, 4) is 5.75 Å². The van der Waals surface area contributed by atoms with Gasteiger partial charge in [0.1, 0.15) is 11.4 Å². The Hall–Kier alpha value is -1.82. The number of nitro groups is 1. The average molecular weight is 238 g/mol. The minimum atomic E-state index is -0.460. The molecule has 0 aliphatic heterocycles. The number of anilines is 1. The van der Waals surface area contributed by atoms with Gasteiger partial charge in [0, 0.05) is 0 Å². The van der Waals surface area contributed by atoms with Gasteiger partial charge in [0.2, 0.25) is 0 Å². The lowest BCUT2D eigenvalue weighted by molar-refractivity contribution is -0.384. The molecule has 0 atom stereocenters. The van der Waals surface area contributed by atoms with E-state index in [1.807, 2.05) is 0 Å². The summed E-state index contributed by atoms with van der Waals surface area (Å²) in [6, 6.07) is 4.63. The SMILES string of the molecule is COc1ccc(NC2(CO)CC2)c([N+](=O)[O-])c1. The van der Waals surface area contributed by atoms with Gasteiger partial charge >= 0.3 is 0 Å². The summed E-state index contributed by atoms with van der Waals surface area (Å²) in [5.41, 5.74) is 0.00530. The lowest BCUT2D eigenvalue weighted by atomic mass is 10.2. The fourth-order valence-corrected chi connectivity index (χ4v) is 1.65. The normalized spacial score (nSPS) is 16.4. The molecule has 0 amide bonds. The van der Waals surface area contributed by atoms with E-state index in [1.165, 1.54) is 13.2 Å². The van der Waals surface area contributed by atoms with Crippen LogP contribution in [0, 0.1) is 10.1 Å². The van der Waals surface area contributed by atoms with Gasteiger partial charge in [-0.15, -0.1) is 0 Å². The number of hydrogen-bond acceptors (Lipinski definition) is 5. The Kier molecular flexibility index (Phi) is 2.89. The van der Waals surface area contributed by atoms with Gasteiger partial charge in [0.15, 0.2) is 0 Å². The van der Waals surface area contributed by atoms with Crippen molar-refractivity contribution in [2.45, 2.75) is 18.4 Å². The van der Waals surface area contributed by atoms with Crippen LogP contribution in [0.3, 0.4) is 0 Å². The Morgan fingerprint density at radius 2 is 2.29 bits per heavy atom. The highest BCUT2D eigenvalue weighted by Crippen LogP contribution is 2.41. The molecule has 6 nitrogen and oxygen atoms in total. The molecule has 0 saturated heterocycles. The number of rotatable bonds is 5. The van der Waals surface area contributed by atoms with Gasteiger partial charge in [-0.3, -0.25) is 10.1 Å². The van der Waals surface area contributed by atoms with Crippen LogP contribution in [-0.2, 0) is 0 Å². The molecule has 1 aliphatic rings. The summed E-state index contributed by atoms with van der Waals surface area (Å²) in [6.07, 6.45) is 1.65. The average Bonchev–Trinajstić information content (AvgIpc) is 3.10. The maximum Gasteiger partial charge on any atom is 0.296 e. The van der Waals surface area contributed by atoms with Gasteiger partial charge in [0.25, 0.3) is 5.69 Å². The third-order valence-corrected chi connectivity index (χ3v) is 2.96. The van der Waals surface area contributed by atoms with E-state index in [-0.39, 0.29) is 17.8 Å². The Morgan fingerprint density at radius 1 is 1.59 bits per heavy atom. The zero-order valence-electron chi connectivity index (χ0n) is 9.47. The van der Waals surface area contributed by atoms with Gasteiger partial charge in [-0.05, 0) is 25.0 Å². The lowest BCUT2D eigenvalue weighted by Crippen LogP contribution is -2.25. The first-order valence-corrected chi connectivity index (χ1v) is 5.32. The summed E-state index contributed by atoms with van der Waals surface area (Å²) in [7, 11) is 1.46. The molecule has 0 spiro atoms. The maximum absolute atomic E-state index is 10.9. The predicted octanol–water partition coefficient (Wildman–Crippen LogP) is 1.54. The molecule has 2 rings (SSSR count). The Labute approximate surface area is 98.4 Å². The van der Waals surface area contributed by atoms with Crippen LogP contribution in [0.15, 0.2) is 18.2 Å². The zero-order valence-corrected chi connectivity index (χ0v) is 9.47. The number of ether oxygens (including phenoxy) is 1. The second-order valence-corrected chi connectivity index (χ2v) is 4.20. The molecule has 1 aromatic carbocycles. The highest BCUT2D eigenvalue weighted by molar-refractivity contribution is 5.65. The van der Waals surface area contributed by atoms with Crippen molar-refractivity contribution >= 4 is 11.4 Å². The third-order valence-electron chi connectivity index (χ3n) is 2.96. The van der Waals surface area contributed by atoms with Crippen molar-refractivity contribution in [1.82, 2.24) is 0 Å². The van der Waals surface area contributed by atoms with E-state index < -0.39 is 4.92 Å². The summed E-state index contributed by atoms with van der Waals surface area (Å²) >= 11 is 0. The lowest BCUT2D eigenvalue weighted by Gasteiger charge is -2.16. The monoisotopic (exact) mass is 238 g/mol. The van der Waals surface area contributed by atoms with E-state index in [1.54, 1.807) is 12.1 Å². The van der Waals surface area contributed by atoms with Crippen LogP contribution in [0.5, 0.6) is 5.75 Å². The van der Waals surface area contributed by atoms with Gasteiger partial charge in [-0.1, -0.05) is 0 Å². The minimum absolute atomic E-state index is 0.0177. The minimum Gasteiger partial charge on any atom is -0.496 e. The van der Waals surface area contributed by atoms with Gasteiger partial charge in [0.05, 0.1) is 30.2 Å². The second kappa shape index (κ2) is 4.21. The maximum atomic E-state index is 10.9. The standard InChI is InChI=1S/C11H14N2O4/c1-17-8-2-3-9(10(6-8)13(15)16)12-11(7-14)4-5-11/h2-3,6,12,14H,4-5,7H2,1H3. The van der Waals surface area contributed by atoms with Crippen molar-refractivity contribution in [2.24, 2.45) is 0 Å². The van der Waals surface area contributed by atoms with Crippen molar-refractivity contribution in [1.29, 1.82) is 0 Å². The smallest absolute Gasteiger partial charge is 0.296 e. The van der Waals surface area contributed by atoms with Crippen molar-refractivity contribution in [3.63, 3.8) is 0 Å². The fourth-order valence-electron chi connectivity index (χ4n) is 1.65. The van der Waals surface area contributed by atoms with E-state index in [4.69, 9.17) is 4.74 Å². The Balaban J connectivity index is 2.29. The Morgan fingerprint density at radius 3 is 2.76 bits per heavy atom. The molecule has 0 bridgehead atoms. The fraction of sp³-hybridized carbons (Fsp3) is 0.455. The highest BCUT2D eigenvalue weighted by atomic mass is 16.6. The second-order valence-electron chi connectivity index (χ2n) is 4.20. The summed E-state index contributed by atoms with van der Waals surface area (Å²) in [6.45, 7) is -0.0177. The molecule has 1 saturated carbocycles. The molecule has 2 N–H and O–H groups in total. The summed E-state index contributed by atoms with van der Waals surface area (Å²) in [5, 5.41) is 23.2. The largest absolute Gasteiger partial charge is 0.496 e. The van der Waals surface area contributed by atoms with E-state index in [9.17, 15) is 15.2 Å². The van der Waals surface area contributed by atoms with E-state index in [0.717, 1.165) is 12.8 Å². The number of nitrogens with zero attached hydrogens (tertiary/aromatic N) is 1.